The third kappa shape index (κ3) is 6.06. The zero-order valence-corrected chi connectivity index (χ0v) is 21.3. The van der Waals surface area contributed by atoms with Gasteiger partial charge in [0.15, 0.2) is 6.29 Å². The Morgan fingerprint density at radius 2 is 1.54 bits per heavy atom. The average molecular weight is 588 g/mol. The van der Waals surface area contributed by atoms with E-state index < -0.39 is 80.5 Å². The minimum atomic E-state index is -1.74. The van der Waals surface area contributed by atoms with Gasteiger partial charge in [-0.1, -0.05) is 28.1 Å². The zero-order valence-electron chi connectivity index (χ0n) is 19.8. The second-order valence-electron chi connectivity index (χ2n) is 9.01. The van der Waals surface area contributed by atoms with Gasteiger partial charge in [0.1, 0.15) is 54.5 Å². The highest BCUT2D eigenvalue weighted by Crippen LogP contribution is 2.31. The molecule has 2 unspecified atom stereocenters. The van der Waals surface area contributed by atoms with Crippen LogP contribution in [-0.4, -0.2) is 111 Å². The third-order valence-electron chi connectivity index (χ3n) is 6.39. The van der Waals surface area contributed by atoms with Crippen LogP contribution in [0, 0.1) is 0 Å². The molecule has 13 heteroatoms. The summed E-state index contributed by atoms with van der Waals surface area (Å²) in [5, 5.41) is 65.4. The summed E-state index contributed by atoms with van der Waals surface area (Å²) in [6.07, 6.45) is -13.2. The zero-order chi connectivity index (χ0) is 26.9. The number of hydrogen-bond acceptors (Lipinski definition) is 11. The van der Waals surface area contributed by atoms with Crippen LogP contribution < -0.4 is 10.1 Å². The molecule has 10 atom stereocenters. The first-order valence-corrected chi connectivity index (χ1v) is 12.5. The van der Waals surface area contributed by atoms with E-state index in [9.17, 15) is 35.4 Å². The van der Waals surface area contributed by atoms with Crippen molar-refractivity contribution >= 4 is 32.6 Å². The predicted octanol–water partition coefficient (Wildman–Crippen LogP) is -1.25. The first-order chi connectivity index (χ1) is 17.6. The SMILES string of the molecule is CC(=O)N[C@H]1C(Oc2ccc3cc(Br)ccc3c2)O[C@H](CO)[C@@H](OC2O[C@H](CO)[C@@H](O)[C@H](O)[C@H]2O)[C@@H]1O. The Kier molecular flexibility index (Phi) is 9.01. The minimum Gasteiger partial charge on any atom is -0.463 e. The summed E-state index contributed by atoms with van der Waals surface area (Å²) in [5.41, 5.74) is 0. The van der Waals surface area contributed by atoms with Crippen LogP contribution in [0.3, 0.4) is 0 Å². The fourth-order valence-electron chi connectivity index (χ4n) is 4.46. The van der Waals surface area contributed by atoms with Crippen molar-refractivity contribution in [2.75, 3.05) is 13.2 Å². The maximum absolute atomic E-state index is 11.9. The first kappa shape index (κ1) is 28.1. The smallest absolute Gasteiger partial charge is 0.223 e. The molecular weight excluding hydrogens is 558 g/mol. The molecule has 2 aliphatic rings. The van der Waals surface area contributed by atoms with E-state index in [1.54, 1.807) is 12.1 Å². The van der Waals surface area contributed by atoms with E-state index in [1.165, 1.54) is 6.92 Å². The highest BCUT2D eigenvalue weighted by atomic mass is 79.9. The average Bonchev–Trinajstić information content (AvgIpc) is 2.87. The summed E-state index contributed by atoms with van der Waals surface area (Å²) in [4.78, 5) is 11.9. The lowest BCUT2D eigenvalue weighted by Crippen LogP contribution is -2.68. The predicted molar refractivity (Wildman–Crippen MR) is 130 cm³/mol. The summed E-state index contributed by atoms with van der Waals surface area (Å²) in [7, 11) is 0. The van der Waals surface area contributed by atoms with Gasteiger partial charge in [0.05, 0.1) is 13.2 Å². The molecule has 2 fully saturated rings. The lowest BCUT2D eigenvalue weighted by Gasteiger charge is -2.47. The Hall–Kier alpha value is -1.91. The molecule has 2 aromatic carbocycles. The normalized spacial score (nSPS) is 36.3. The molecule has 4 rings (SSSR count). The van der Waals surface area contributed by atoms with Crippen LogP contribution in [0.25, 0.3) is 10.8 Å². The van der Waals surface area contributed by atoms with Crippen molar-refractivity contribution in [1.82, 2.24) is 5.32 Å². The highest BCUT2D eigenvalue weighted by Gasteiger charge is 2.51. The molecule has 0 aromatic heterocycles. The third-order valence-corrected chi connectivity index (χ3v) is 6.88. The standard InChI is InChI=1S/C24H30BrNO11/c1-10(29)26-17-19(31)22(37-24-21(33)20(32)18(30)15(8-27)35-24)16(9-28)36-23(17)34-14-5-3-11-6-13(25)4-2-12(11)7-14/h2-7,15-24,27-28,30-33H,8-9H2,1H3,(H,26,29)/t15-,16-,17-,18-,19-,20+,21-,22-,23?,24?/m1/s1. The molecule has 0 bridgehead atoms. The van der Waals surface area contributed by atoms with Gasteiger partial charge in [-0.15, -0.1) is 0 Å². The summed E-state index contributed by atoms with van der Waals surface area (Å²) in [6.45, 7) is -0.0775. The molecule has 2 aliphatic heterocycles. The van der Waals surface area contributed by atoms with E-state index in [2.05, 4.69) is 21.2 Å². The summed E-state index contributed by atoms with van der Waals surface area (Å²) < 4.78 is 23.8. The van der Waals surface area contributed by atoms with E-state index in [0.29, 0.717) is 5.75 Å². The Morgan fingerprint density at radius 3 is 2.22 bits per heavy atom. The number of amides is 1. The first-order valence-electron chi connectivity index (χ1n) is 11.7. The molecule has 12 nitrogen and oxygen atoms in total. The summed E-state index contributed by atoms with van der Waals surface area (Å²) >= 11 is 3.42. The van der Waals surface area contributed by atoms with Crippen LogP contribution in [0.15, 0.2) is 40.9 Å². The second-order valence-corrected chi connectivity index (χ2v) is 9.93. The van der Waals surface area contributed by atoms with Crippen molar-refractivity contribution in [3.63, 3.8) is 0 Å². The van der Waals surface area contributed by atoms with Crippen LogP contribution in [0.4, 0.5) is 0 Å². The molecule has 0 aliphatic carbocycles. The summed E-state index contributed by atoms with van der Waals surface area (Å²) in [5.74, 6) is -0.119. The second kappa shape index (κ2) is 11.9. The van der Waals surface area contributed by atoms with Gasteiger partial charge < -0.3 is 54.9 Å². The van der Waals surface area contributed by atoms with Crippen molar-refractivity contribution in [2.45, 2.75) is 68.3 Å². The van der Waals surface area contributed by atoms with Gasteiger partial charge in [-0.2, -0.15) is 0 Å². The van der Waals surface area contributed by atoms with E-state index in [0.717, 1.165) is 15.2 Å². The lowest BCUT2D eigenvalue weighted by atomic mass is 9.95. The van der Waals surface area contributed by atoms with E-state index in [1.807, 2.05) is 24.3 Å². The number of benzene rings is 2. The van der Waals surface area contributed by atoms with Crippen molar-refractivity contribution in [3.05, 3.63) is 40.9 Å². The van der Waals surface area contributed by atoms with E-state index in [4.69, 9.17) is 18.9 Å². The number of fused-ring (bicyclic) bond motifs is 1. The van der Waals surface area contributed by atoms with Crippen molar-refractivity contribution in [1.29, 1.82) is 0 Å². The monoisotopic (exact) mass is 587 g/mol. The number of hydrogen-bond donors (Lipinski definition) is 7. The van der Waals surface area contributed by atoms with Gasteiger partial charge >= 0.3 is 0 Å². The van der Waals surface area contributed by atoms with Gasteiger partial charge in [0, 0.05) is 11.4 Å². The number of nitrogens with one attached hydrogen (secondary N) is 1. The van der Waals surface area contributed by atoms with Gasteiger partial charge in [-0.25, -0.2) is 0 Å². The number of rotatable bonds is 7. The van der Waals surface area contributed by atoms with E-state index >= 15 is 0 Å². The minimum absolute atomic E-state index is 0.382. The highest BCUT2D eigenvalue weighted by molar-refractivity contribution is 9.10. The fourth-order valence-corrected chi connectivity index (χ4v) is 4.84. The molecule has 0 radical (unpaired) electrons. The Bertz CT molecular complexity index is 1090. The van der Waals surface area contributed by atoms with Crippen LogP contribution in [0.1, 0.15) is 6.92 Å². The van der Waals surface area contributed by atoms with Crippen LogP contribution in [0.5, 0.6) is 5.75 Å². The topological polar surface area (TPSA) is 187 Å². The van der Waals surface area contributed by atoms with Crippen LogP contribution >= 0.6 is 15.9 Å². The number of aliphatic hydroxyl groups is 6. The van der Waals surface area contributed by atoms with Gasteiger partial charge in [-0.05, 0) is 35.0 Å². The van der Waals surface area contributed by atoms with Crippen LogP contribution in [0.2, 0.25) is 0 Å². The Labute approximate surface area is 220 Å². The molecule has 204 valence electrons. The number of ether oxygens (including phenoxy) is 4. The lowest BCUT2D eigenvalue weighted by molar-refractivity contribution is -0.343. The number of halogens is 1. The molecular formula is C24H30BrNO11. The maximum Gasteiger partial charge on any atom is 0.223 e. The largest absolute Gasteiger partial charge is 0.463 e. The molecule has 0 spiro atoms. The van der Waals surface area contributed by atoms with Crippen molar-refractivity contribution in [3.8, 4) is 5.75 Å². The van der Waals surface area contributed by atoms with Gasteiger partial charge in [-0.3, -0.25) is 4.79 Å². The molecule has 2 saturated heterocycles. The van der Waals surface area contributed by atoms with Gasteiger partial charge in [0.2, 0.25) is 12.2 Å². The number of aliphatic hydroxyl groups excluding tert-OH is 6. The Morgan fingerprint density at radius 1 is 0.892 bits per heavy atom. The van der Waals surface area contributed by atoms with E-state index in [-0.39, 0.29) is 0 Å². The van der Waals surface area contributed by atoms with Crippen molar-refractivity contribution in [2.24, 2.45) is 0 Å². The number of carbonyl (C=O) groups is 1. The molecule has 2 heterocycles. The molecule has 7 N–H and O–H groups in total. The Balaban J connectivity index is 1.56. The van der Waals surface area contributed by atoms with Crippen molar-refractivity contribution < 1.29 is 54.4 Å². The molecule has 37 heavy (non-hydrogen) atoms. The summed E-state index contributed by atoms with van der Waals surface area (Å²) in [6, 6.07) is 9.80. The molecule has 2 aromatic rings. The molecule has 0 saturated carbocycles. The quantitative estimate of drug-likeness (QED) is 0.205. The molecule has 1 amide bonds. The number of carbonyl (C=O) groups excluding carboxylic acids is 1. The van der Waals surface area contributed by atoms with Crippen LogP contribution in [-0.2, 0) is 19.0 Å². The maximum atomic E-state index is 11.9. The van der Waals surface area contributed by atoms with Gasteiger partial charge in [0.25, 0.3) is 0 Å². The fraction of sp³-hybridized carbons (Fsp3) is 0.542.